The van der Waals surface area contributed by atoms with Crippen LogP contribution in [0.2, 0.25) is 0 Å². The Balaban J connectivity index is 1.26. The normalized spacial score (nSPS) is 17.2. The maximum atomic E-state index is 6.77. The second-order valence-corrected chi connectivity index (χ2v) is 12.9. The molecule has 0 aromatic heterocycles. The Hall–Kier alpha value is -5.66. The molecule has 0 bridgehead atoms. The highest BCUT2D eigenvalue weighted by Crippen LogP contribution is 2.64. The molecule has 10 rings (SSSR count). The molecule has 0 saturated heterocycles. The first-order valence-corrected chi connectivity index (χ1v) is 16.1. The second kappa shape index (κ2) is 9.19. The fourth-order valence-electron chi connectivity index (χ4n) is 8.90. The van der Waals surface area contributed by atoms with Crippen molar-refractivity contribution in [2.45, 2.75) is 17.8 Å². The van der Waals surface area contributed by atoms with Crippen LogP contribution in [0.4, 0.5) is 0 Å². The van der Waals surface area contributed by atoms with Gasteiger partial charge in [-0.25, -0.2) is 0 Å². The van der Waals surface area contributed by atoms with Crippen molar-refractivity contribution in [1.82, 2.24) is 0 Å². The zero-order valence-corrected chi connectivity index (χ0v) is 25.5. The summed E-state index contributed by atoms with van der Waals surface area (Å²) in [5, 5.41) is 0. The lowest BCUT2D eigenvalue weighted by atomic mass is 9.68. The van der Waals surface area contributed by atoms with Crippen molar-refractivity contribution in [2.75, 3.05) is 0 Å². The van der Waals surface area contributed by atoms with Gasteiger partial charge >= 0.3 is 0 Å². The SMILES string of the molecule is CC1(c2ccccc2)c2ccccc2Oc2cc(-c3cccc4c3C3(c5ccccc5-c5ccccc53)c3ccccc3-4)ccc21. The number of benzene rings is 7. The van der Waals surface area contributed by atoms with E-state index < -0.39 is 5.41 Å². The fourth-order valence-corrected chi connectivity index (χ4v) is 8.90. The summed E-state index contributed by atoms with van der Waals surface area (Å²) in [4.78, 5) is 0. The van der Waals surface area contributed by atoms with E-state index in [1.54, 1.807) is 0 Å². The van der Waals surface area contributed by atoms with E-state index in [9.17, 15) is 0 Å². The number of ether oxygens (including phenoxy) is 1. The van der Waals surface area contributed by atoms with E-state index in [1.165, 1.54) is 72.3 Å². The molecule has 46 heavy (non-hydrogen) atoms. The molecule has 0 N–H and O–H groups in total. The van der Waals surface area contributed by atoms with Crippen LogP contribution in [-0.4, -0.2) is 0 Å². The quantitative estimate of drug-likeness (QED) is 0.196. The molecule has 1 unspecified atom stereocenters. The third kappa shape index (κ3) is 3.10. The number of hydrogen-bond acceptors (Lipinski definition) is 1. The molecule has 1 heteroatoms. The molecular weight excluding hydrogens is 556 g/mol. The van der Waals surface area contributed by atoms with E-state index in [0.29, 0.717) is 0 Å². The van der Waals surface area contributed by atoms with Gasteiger partial charge < -0.3 is 4.74 Å². The summed E-state index contributed by atoms with van der Waals surface area (Å²) in [5.41, 5.74) is 16.0. The molecule has 216 valence electrons. The fraction of sp³-hybridized carbons (Fsp3) is 0.0667. The van der Waals surface area contributed by atoms with E-state index >= 15 is 0 Å². The molecule has 1 spiro atoms. The predicted molar refractivity (Wildman–Crippen MR) is 187 cm³/mol. The van der Waals surface area contributed by atoms with Crippen molar-refractivity contribution in [3.05, 3.63) is 203 Å². The molecule has 2 aliphatic carbocycles. The largest absolute Gasteiger partial charge is 0.457 e. The van der Waals surface area contributed by atoms with E-state index in [1.807, 2.05) is 0 Å². The summed E-state index contributed by atoms with van der Waals surface area (Å²) in [6, 6.07) is 60.1. The van der Waals surface area contributed by atoms with Gasteiger partial charge in [-0.3, -0.25) is 0 Å². The Bertz CT molecular complexity index is 2300. The first kappa shape index (κ1) is 25.6. The first-order valence-electron chi connectivity index (χ1n) is 16.1. The first-order chi connectivity index (χ1) is 22.7. The van der Waals surface area contributed by atoms with Gasteiger partial charge in [-0.05, 0) is 80.3 Å². The molecule has 0 radical (unpaired) electrons. The molecular formula is C45H30O. The molecule has 1 nitrogen and oxygen atoms in total. The highest BCUT2D eigenvalue weighted by atomic mass is 16.5. The standard InChI is InChI=1S/C45H30O/c1-44(30-14-3-2-4-15-30)39-24-11-12-25-41(39)46-42-28-29(26-27-40(42)44)31-19-13-20-35-34-18-7-10-23-38(34)45(43(31)35)36-21-8-5-16-32(36)33-17-6-9-22-37(33)45/h2-28H,1H3. The van der Waals surface area contributed by atoms with Crippen LogP contribution < -0.4 is 4.74 Å². The van der Waals surface area contributed by atoms with Gasteiger partial charge in [0.15, 0.2) is 0 Å². The van der Waals surface area contributed by atoms with Crippen molar-refractivity contribution in [2.24, 2.45) is 0 Å². The molecule has 0 fully saturated rings. The summed E-state index contributed by atoms with van der Waals surface area (Å²) in [6.07, 6.45) is 0. The molecule has 0 amide bonds. The molecule has 7 aromatic rings. The molecule has 1 heterocycles. The average Bonchev–Trinajstić information content (AvgIpc) is 3.59. The van der Waals surface area contributed by atoms with Gasteiger partial charge in [-0.2, -0.15) is 0 Å². The minimum Gasteiger partial charge on any atom is -0.457 e. The van der Waals surface area contributed by atoms with E-state index in [2.05, 4.69) is 171 Å². The van der Waals surface area contributed by atoms with Gasteiger partial charge in [0, 0.05) is 16.5 Å². The van der Waals surface area contributed by atoms with Gasteiger partial charge in [-0.1, -0.05) is 152 Å². The second-order valence-electron chi connectivity index (χ2n) is 12.9. The van der Waals surface area contributed by atoms with Crippen LogP contribution in [0.3, 0.4) is 0 Å². The van der Waals surface area contributed by atoms with Crippen molar-refractivity contribution in [3.63, 3.8) is 0 Å². The smallest absolute Gasteiger partial charge is 0.132 e. The van der Waals surface area contributed by atoms with Crippen LogP contribution in [0, 0.1) is 0 Å². The Morgan fingerprint density at radius 3 is 1.57 bits per heavy atom. The Morgan fingerprint density at radius 1 is 0.391 bits per heavy atom. The van der Waals surface area contributed by atoms with E-state index in [4.69, 9.17) is 4.74 Å². The number of rotatable bonds is 2. The van der Waals surface area contributed by atoms with Crippen molar-refractivity contribution >= 4 is 0 Å². The van der Waals surface area contributed by atoms with Gasteiger partial charge in [0.25, 0.3) is 0 Å². The highest BCUT2D eigenvalue weighted by molar-refractivity contribution is 5.98. The predicted octanol–water partition coefficient (Wildman–Crippen LogP) is 11.2. The highest BCUT2D eigenvalue weighted by Gasteiger charge is 2.52. The Morgan fingerprint density at radius 2 is 0.891 bits per heavy atom. The average molecular weight is 587 g/mol. The molecule has 1 atom stereocenters. The van der Waals surface area contributed by atoms with Crippen LogP contribution in [0.25, 0.3) is 33.4 Å². The zero-order valence-electron chi connectivity index (χ0n) is 25.5. The van der Waals surface area contributed by atoms with Crippen molar-refractivity contribution in [3.8, 4) is 44.9 Å². The van der Waals surface area contributed by atoms with Crippen LogP contribution >= 0.6 is 0 Å². The maximum Gasteiger partial charge on any atom is 0.132 e. The Kier molecular flexibility index (Phi) is 5.12. The summed E-state index contributed by atoms with van der Waals surface area (Å²) >= 11 is 0. The molecule has 0 saturated carbocycles. The summed E-state index contributed by atoms with van der Waals surface area (Å²) in [6.45, 7) is 2.33. The third-order valence-corrected chi connectivity index (χ3v) is 10.8. The zero-order chi connectivity index (χ0) is 30.5. The lowest BCUT2D eigenvalue weighted by molar-refractivity contribution is 0.427. The number of hydrogen-bond donors (Lipinski definition) is 0. The molecule has 3 aliphatic rings. The van der Waals surface area contributed by atoms with Crippen LogP contribution in [-0.2, 0) is 10.8 Å². The van der Waals surface area contributed by atoms with Gasteiger partial charge in [-0.15, -0.1) is 0 Å². The van der Waals surface area contributed by atoms with E-state index in [0.717, 1.165) is 11.5 Å². The summed E-state index contributed by atoms with van der Waals surface area (Å²) in [7, 11) is 0. The molecule has 7 aromatic carbocycles. The van der Waals surface area contributed by atoms with Gasteiger partial charge in [0.1, 0.15) is 11.5 Å². The minimum absolute atomic E-state index is 0.344. The van der Waals surface area contributed by atoms with Gasteiger partial charge in [0.05, 0.1) is 5.41 Å². The van der Waals surface area contributed by atoms with Crippen molar-refractivity contribution < 1.29 is 4.74 Å². The topological polar surface area (TPSA) is 9.23 Å². The minimum atomic E-state index is -0.405. The molecule has 1 aliphatic heterocycles. The lowest BCUT2D eigenvalue weighted by Gasteiger charge is -2.38. The van der Waals surface area contributed by atoms with Crippen LogP contribution in [0.15, 0.2) is 164 Å². The Labute approximate surface area is 269 Å². The van der Waals surface area contributed by atoms with E-state index in [-0.39, 0.29) is 5.41 Å². The lowest BCUT2D eigenvalue weighted by Crippen LogP contribution is -2.29. The summed E-state index contributed by atoms with van der Waals surface area (Å²) < 4.78 is 6.77. The summed E-state index contributed by atoms with van der Waals surface area (Å²) in [5.74, 6) is 1.83. The number of fused-ring (bicyclic) bond motifs is 12. The monoisotopic (exact) mass is 586 g/mol. The number of para-hydroxylation sites is 1. The van der Waals surface area contributed by atoms with Gasteiger partial charge in [0.2, 0.25) is 0 Å². The van der Waals surface area contributed by atoms with Crippen molar-refractivity contribution in [1.29, 1.82) is 0 Å². The third-order valence-electron chi connectivity index (χ3n) is 10.8. The van der Waals surface area contributed by atoms with Crippen LogP contribution in [0.1, 0.15) is 45.9 Å². The van der Waals surface area contributed by atoms with Crippen LogP contribution in [0.5, 0.6) is 11.5 Å². The maximum absolute atomic E-state index is 6.77.